The number of para-hydroxylation sites is 1. The van der Waals surface area contributed by atoms with Crippen molar-refractivity contribution in [3.8, 4) is 11.5 Å². The van der Waals surface area contributed by atoms with Gasteiger partial charge in [0.15, 0.2) is 11.5 Å². The summed E-state index contributed by atoms with van der Waals surface area (Å²) in [6.45, 7) is 4.87. The largest absolute Gasteiger partial charge is 0.504 e. The standard InChI is InChI=1S/C11H14BrNO3/c1-3-13(4-2)11(15)16-10-8(12)6-5-7-9(10)14/h5-7,14H,3-4H2,1-2H3. The first-order valence-electron chi connectivity index (χ1n) is 5.04. The molecule has 0 saturated heterocycles. The lowest BCUT2D eigenvalue weighted by Gasteiger charge is -2.18. The molecular formula is C11H14BrNO3. The molecule has 0 atom stereocenters. The fraction of sp³-hybridized carbons (Fsp3) is 0.364. The number of aromatic hydroxyl groups is 1. The summed E-state index contributed by atoms with van der Waals surface area (Å²) in [5.74, 6) is 0.0919. The van der Waals surface area contributed by atoms with Crippen molar-refractivity contribution in [1.29, 1.82) is 0 Å². The Kier molecular flexibility index (Phi) is 4.61. The van der Waals surface area contributed by atoms with Crippen molar-refractivity contribution in [3.63, 3.8) is 0 Å². The number of amides is 1. The van der Waals surface area contributed by atoms with Crippen molar-refractivity contribution in [2.75, 3.05) is 13.1 Å². The van der Waals surface area contributed by atoms with E-state index in [0.29, 0.717) is 17.6 Å². The molecule has 1 amide bonds. The minimum absolute atomic E-state index is 0.0603. The number of benzene rings is 1. The molecule has 0 unspecified atom stereocenters. The van der Waals surface area contributed by atoms with E-state index in [2.05, 4.69) is 15.9 Å². The van der Waals surface area contributed by atoms with Crippen LogP contribution < -0.4 is 4.74 Å². The molecule has 0 fully saturated rings. The molecule has 1 N–H and O–H groups in total. The van der Waals surface area contributed by atoms with E-state index in [1.54, 1.807) is 12.1 Å². The van der Waals surface area contributed by atoms with E-state index < -0.39 is 6.09 Å². The zero-order chi connectivity index (χ0) is 12.1. The number of rotatable bonds is 3. The third-order valence-electron chi connectivity index (χ3n) is 2.16. The zero-order valence-corrected chi connectivity index (χ0v) is 10.8. The van der Waals surface area contributed by atoms with Crippen molar-refractivity contribution < 1.29 is 14.6 Å². The summed E-state index contributed by atoms with van der Waals surface area (Å²) in [5.41, 5.74) is 0. The Hall–Kier alpha value is -1.23. The highest BCUT2D eigenvalue weighted by Gasteiger charge is 2.16. The van der Waals surface area contributed by atoms with Crippen LogP contribution in [-0.4, -0.2) is 29.2 Å². The minimum Gasteiger partial charge on any atom is -0.504 e. The fourth-order valence-corrected chi connectivity index (χ4v) is 1.67. The minimum atomic E-state index is -0.466. The van der Waals surface area contributed by atoms with Gasteiger partial charge in [0.1, 0.15) is 0 Å². The highest BCUT2D eigenvalue weighted by atomic mass is 79.9. The molecule has 0 radical (unpaired) electrons. The van der Waals surface area contributed by atoms with Gasteiger partial charge in [-0.2, -0.15) is 0 Å². The van der Waals surface area contributed by atoms with Crippen LogP contribution in [0.3, 0.4) is 0 Å². The van der Waals surface area contributed by atoms with Crippen molar-refractivity contribution >= 4 is 22.0 Å². The van der Waals surface area contributed by atoms with E-state index in [0.717, 1.165) is 0 Å². The van der Waals surface area contributed by atoms with Crippen LogP contribution in [-0.2, 0) is 0 Å². The number of phenols is 1. The van der Waals surface area contributed by atoms with E-state index >= 15 is 0 Å². The summed E-state index contributed by atoms with van der Waals surface area (Å²) in [7, 11) is 0. The highest BCUT2D eigenvalue weighted by Crippen LogP contribution is 2.34. The number of halogens is 1. The molecule has 88 valence electrons. The van der Waals surface area contributed by atoms with E-state index in [-0.39, 0.29) is 11.5 Å². The first-order chi connectivity index (χ1) is 7.60. The predicted octanol–water partition coefficient (Wildman–Crippen LogP) is 3.00. The van der Waals surface area contributed by atoms with Gasteiger partial charge in [-0.25, -0.2) is 4.79 Å². The Morgan fingerprint density at radius 3 is 2.56 bits per heavy atom. The van der Waals surface area contributed by atoms with Crippen molar-refractivity contribution in [3.05, 3.63) is 22.7 Å². The normalized spacial score (nSPS) is 9.94. The predicted molar refractivity (Wildman–Crippen MR) is 64.8 cm³/mol. The second kappa shape index (κ2) is 5.75. The van der Waals surface area contributed by atoms with Gasteiger partial charge in [0, 0.05) is 13.1 Å². The van der Waals surface area contributed by atoms with Gasteiger partial charge in [-0.3, -0.25) is 0 Å². The van der Waals surface area contributed by atoms with Crippen molar-refractivity contribution in [2.45, 2.75) is 13.8 Å². The fourth-order valence-electron chi connectivity index (χ4n) is 1.23. The van der Waals surface area contributed by atoms with Crippen LogP contribution in [0.25, 0.3) is 0 Å². The summed E-state index contributed by atoms with van der Waals surface area (Å²) in [6.07, 6.45) is -0.466. The molecule has 16 heavy (non-hydrogen) atoms. The molecule has 1 aromatic carbocycles. The molecule has 0 aliphatic carbocycles. The van der Waals surface area contributed by atoms with Gasteiger partial charge in [0.05, 0.1) is 4.47 Å². The van der Waals surface area contributed by atoms with Gasteiger partial charge in [-0.1, -0.05) is 6.07 Å². The van der Waals surface area contributed by atoms with Gasteiger partial charge in [0.25, 0.3) is 0 Å². The van der Waals surface area contributed by atoms with Crippen LogP contribution in [0.2, 0.25) is 0 Å². The Morgan fingerprint density at radius 2 is 2.06 bits per heavy atom. The molecule has 5 heteroatoms. The number of carbonyl (C=O) groups is 1. The van der Waals surface area contributed by atoms with Gasteiger partial charge < -0.3 is 14.7 Å². The lowest BCUT2D eigenvalue weighted by Crippen LogP contribution is -2.33. The first-order valence-corrected chi connectivity index (χ1v) is 5.83. The second-order valence-electron chi connectivity index (χ2n) is 3.13. The Bertz CT molecular complexity index is 357. The van der Waals surface area contributed by atoms with Crippen LogP contribution in [0.5, 0.6) is 11.5 Å². The maximum absolute atomic E-state index is 11.7. The lowest BCUT2D eigenvalue weighted by atomic mass is 10.3. The average Bonchev–Trinajstić information content (AvgIpc) is 2.25. The summed E-state index contributed by atoms with van der Waals surface area (Å²) in [5, 5.41) is 9.54. The lowest BCUT2D eigenvalue weighted by molar-refractivity contribution is 0.155. The first kappa shape index (κ1) is 12.8. The van der Waals surface area contributed by atoms with Crippen LogP contribution in [0, 0.1) is 0 Å². The third-order valence-corrected chi connectivity index (χ3v) is 2.78. The number of phenolic OH excluding ortho intramolecular Hbond substituents is 1. The molecule has 1 aromatic rings. The molecule has 0 saturated carbocycles. The van der Waals surface area contributed by atoms with Crippen molar-refractivity contribution in [2.24, 2.45) is 0 Å². The number of nitrogens with zero attached hydrogens (tertiary/aromatic N) is 1. The summed E-state index contributed by atoms with van der Waals surface area (Å²) >= 11 is 3.21. The van der Waals surface area contributed by atoms with E-state index in [4.69, 9.17) is 4.74 Å². The highest BCUT2D eigenvalue weighted by molar-refractivity contribution is 9.10. The monoisotopic (exact) mass is 287 g/mol. The quantitative estimate of drug-likeness (QED) is 0.930. The molecule has 0 aliphatic heterocycles. The topological polar surface area (TPSA) is 49.8 Å². The van der Waals surface area contributed by atoms with Gasteiger partial charge in [0.2, 0.25) is 0 Å². The Labute approximate surface area is 103 Å². The molecule has 0 heterocycles. The molecular weight excluding hydrogens is 274 g/mol. The average molecular weight is 288 g/mol. The Balaban J connectivity index is 2.84. The van der Waals surface area contributed by atoms with Crippen molar-refractivity contribution in [1.82, 2.24) is 4.90 Å². The van der Waals surface area contributed by atoms with Crippen LogP contribution in [0.1, 0.15) is 13.8 Å². The smallest absolute Gasteiger partial charge is 0.415 e. The van der Waals surface area contributed by atoms with Crippen LogP contribution in [0.4, 0.5) is 4.79 Å². The maximum atomic E-state index is 11.7. The number of hydrogen-bond acceptors (Lipinski definition) is 3. The molecule has 0 aromatic heterocycles. The Morgan fingerprint density at radius 1 is 1.44 bits per heavy atom. The van der Waals surface area contributed by atoms with E-state index in [9.17, 15) is 9.90 Å². The van der Waals surface area contributed by atoms with Crippen LogP contribution >= 0.6 is 15.9 Å². The summed E-state index contributed by atoms with van der Waals surface area (Å²) < 4.78 is 5.66. The zero-order valence-electron chi connectivity index (χ0n) is 9.24. The van der Waals surface area contributed by atoms with E-state index in [1.165, 1.54) is 11.0 Å². The van der Waals surface area contributed by atoms with Gasteiger partial charge in [-0.05, 0) is 41.9 Å². The summed E-state index contributed by atoms with van der Waals surface area (Å²) in [6, 6.07) is 4.83. The molecule has 4 nitrogen and oxygen atoms in total. The van der Waals surface area contributed by atoms with Gasteiger partial charge >= 0.3 is 6.09 Å². The summed E-state index contributed by atoms with van der Waals surface area (Å²) in [4.78, 5) is 13.2. The van der Waals surface area contributed by atoms with Crippen LogP contribution in [0.15, 0.2) is 22.7 Å². The molecule has 0 bridgehead atoms. The maximum Gasteiger partial charge on any atom is 0.415 e. The SMILES string of the molecule is CCN(CC)C(=O)Oc1c(O)cccc1Br. The number of carbonyl (C=O) groups excluding carboxylic acids is 1. The van der Waals surface area contributed by atoms with E-state index in [1.807, 2.05) is 13.8 Å². The molecule has 0 spiro atoms. The van der Waals surface area contributed by atoms with Gasteiger partial charge in [-0.15, -0.1) is 0 Å². The second-order valence-corrected chi connectivity index (χ2v) is 3.98. The molecule has 1 rings (SSSR count). The number of ether oxygens (including phenoxy) is 1. The third kappa shape index (κ3) is 2.88. The molecule has 0 aliphatic rings. The number of hydrogen-bond donors (Lipinski definition) is 1.